The van der Waals surface area contributed by atoms with Crippen molar-refractivity contribution in [1.29, 1.82) is 0 Å². The molecule has 1 saturated carbocycles. The van der Waals surface area contributed by atoms with Crippen LogP contribution < -0.4 is 10.6 Å². The Bertz CT molecular complexity index is 504. The second kappa shape index (κ2) is 9.39. The molecule has 142 valence electrons. The Morgan fingerprint density at radius 3 is 2.29 bits per heavy atom. The standard InChI is InChI=1S/C17H32N2O3S.ClH/c1-12(2)16(23(21,22)15-7-5-4-6-8-15)17(20)19-14-9-10-18-13(3)11-14;/h12-16,18H,4-11H2,1-3H3,(H,19,20);1H. The lowest BCUT2D eigenvalue weighted by molar-refractivity contribution is -0.122. The molecule has 0 bridgehead atoms. The molecule has 0 aromatic heterocycles. The van der Waals surface area contributed by atoms with E-state index >= 15 is 0 Å². The Hall–Kier alpha value is -0.330. The first-order valence-corrected chi connectivity index (χ1v) is 10.7. The molecular formula is C17H33ClN2O3S. The zero-order valence-corrected chi connectivity index (χ0v) is 16.7. The third-order valence-electron chi connectivity index (χ3n) is 5.20. The zero-order chi connectivity index (χ0) is 17.0. The molecule has 3 atom stereocenters. The molecule has 0 radical (unpaired) electrons. The third kappa shape index (κ3) is 5.33. The normalized spacial score (nSPS) is 27.3. The molecule has 1 saturated heterocycles. The van der Waals surface area contributed by atoms with Gasteiger partial charge >= 0.3 is 0 Å². The van der Waals surface area contributed by atoms with Gasteiger partial charge in [-0.3, -0.25) is 4.79 Å². The van der Waals surface area contributed by atoms with Crippen molar-refractivity contribution in [2.24, 2.45) is 5.92 Å². The highest BCUT2D eigenvalue weighted by atomic mass is 35.5. The van der Waals surface area contributed by atoms with Crippen LogP contribution in [0.2, 0.25) is 0 Å². The van der Waals surface area contributed by atoms with Crippen molar-refractivity contribution in [2.45, 2.75) is 88.3 Å². The molecule has 2 aliphatic rings. The van der Waals surface area contributed by atoms with E-state index in [4.69, 9.17) is 0 Å². The van der Waals surface area contributed by atoms with Crippen molar-refractivity contribution in [2.75, 3.05) is 6.54 Å². The van der Waals surface area contributed by atoms with Gasteiger partial charge in [0.05, 0.1) is 5.25 Å². The Kier molecular flexibility index (Phi) is 8.50. The maximum atomic E-state index is 13.0. The number of hydrogen-bond acceptors (Lipinski definition) is 4. The number of sulfone groups is 1. The number of rotatable bonds is 5. The molecular weight excluding hydrogens is 348 g/mol. The first-order chi connectivity index (χ1) is 10.8. The van der Waals surface area contributed by atoms with E-state index in [0.717, 1.165) is 38.6 Å². The van der Waals surface area contributed by atoms with Crippen LogP contribution in [0.5, 0.6) is 0 Å². The number of amides is 1. The van der Waals surface area contributed by atoms with Crippen molar-refractivity contribution in [1.82, 2.24) is 10.6 Å². The number of halogens is 1. The van der Waals surface area contributed by atoms with Gasteiger partial charge in [0.2, 0.25) is 5.91 Å². The SMILES string of the molecule is CC1CC(NC(=O)C(C(C)C)S(=O)(=O)C2CCCCC2)CCN1.Cl. The molecule has 1 aliphatic carbocycles. The molecule has 5 nitrogen and oxygen atoms in total. The lowest BCUT2D eigenvalue weighted by Crippen LogP contribution is -2.53. The molecule has 1 amide bonds. The molecule has 2 N–H and O–H groups in total. The minimum Gasteiger partial charge on any atom is -0.352 e. The fourth-order valence-electron chi connectivity index (χ4n) is 3.98. The van der Waals surface area contributed by atoms with Gasteiger partial charge in [0, 0.05) is 12.1 Å². The minimum absolute atomic E-state index is 0. The maximum Gasteiger partial charge on any atom is 0.238 e. The van der Waals surface area contributed by atoms with E-state index in [1.165, 1.54) is 0 Å². The van der Waals surface area contributed by atoms with Crippen LogP contribution in [-0.2, 0) is 14.6 Å². The van der Waals surface area contributed by atoms with Gasteiger partial charge in [0.15, 0.2) is 9.84 Å². The third-order valence-corrected chi connectivity index (χ3v) is 8.07. The van der Waals surface area contributed by atoms with Crippen molar-refractivity contribution in [3.05, 3.63) is 0 Å². The summed E-state index contributed by atoms with van der Waals surface area (Å²) in [5, 5.41) is 5.13. The number of piperidine rings is 1. The summed E-state index contributed by atoms with van der Waals surface area (Å²) in [6.45, 7) is 6.65. The molecule has 24 heavy (non-hydrogen) atoms. The zero-order valence-electron chi connectivity index (χ0n) is 15.1. The first-order valence-electron chi connectivity index (χ1n) is 9.09. The van der Waals surface area contributed by atoms with Crippen LogP contribution in [0, 0.1) is 5.92 Å². The van der Waals surface area contributed by atoms with Gasteiger partial charge in [-0.25, -0.2) is 8.42 Å². The lowest BCUT2D eigenvalue weighted by Gasteiger charge is -2.32. The molecule has 0 aromatic carbocycles. The molecule has 1 aliphatic heterocycles. The Labute approximate surface area is 153 Å². The van der Waals surface area contributed by atoms with E-state index in [9.17, 15) is 13.2 Å². The van der Waals surface area contributed by atoms with E-state index in [1.54, 1.807) is 0 Å². The quantitative estimate of drug-likeness (QED) is 0.768. The molecule has 3 unspecified atom stereocenters. The van der Waals surface area contributed by atoms with Crippen molar-refractivity contribution in [3.63, 3.8) is 0 Å². The second-order valence-corrected chi connectivity index (χ2v) is 9.95. The monoisotopic (exact) mass is 380 g/mol. The van der Waals surface area contributed by atoms with E-state index < -0.39 is 15.1 Å². The van der Waals surface area contributed by atoms with Crippen molar-refractivity contribution in [3.8, 4) is 0 Å². The summed E-state index contributed by atoms with van der Waals surface area (Å²) >= 11 is 0. The van der Waals surface area contributed by atoms with Crippen LogP contribution in [0.1, 0.15) is 65.7 Å². The van der Waals surface area contributed by atoms with E-state index in [2.05, 4.69) is 17.6 Å². The van der Waals surface area contributed by atoms with Gasteiger partial charge < -0.3 is 10.6 Å². The number of hydrogen-bond donors (Lipinski definition) is 2. The Morgan fingerprint density at radius 2 is 1.75 bits per heavy atom. The smallest absolute Gasteiger partial charge is 0.238 e. The van der Waals surface area contributed by atoms with E-state index in [1.807, 2.05) is 13.8 Å². The van der Waals surface area contributed by atoms with Gasteiger partial charge in [-0.05, 0) is 45.1 Å². The van der Waals surface area contributed by atoms with Gasteiger partial charge in [-0.2, -0.15) is 0 Å². The summed E-state index contributed by atoms with van der Waals surface area (Å²) in [6, 6.07) is 0.447. The maximum absolute atomic E-state index is 13.0. The molecule has 2 rings (SSSR count). The topological polar surface area (TPSA) is 75.3 Å². The van der Waals surface area contributed by atoms with Crippen LogP contribution >= 0.6 is 12.4 Å². The van der Waals surface area contributed by atoms with E-state index in [-0.39, 0.29) is 35.5 Å². The average Bonchev–Trinajstić information content (AvgIpc) is 2.47. The highest BCUT2D eigenvalue weighted by Crippen LogP contribution is 2.29. The summed E-state index contributed by atoms with van der Waals surface area (Å²) in [5.74, 6) is -0.481. The summed E-state index contributed by atoms with van der Waals surface area (Å²) < 4.78 is 26.0. The highest BCUT2D eigenvalue weighted by molar-refractivity contribution is 7.93. The first kappa shape index (κ1) is 21.7. The summed E-state index contributed by atoms with van der Waals surface area (Å²) in [7, 11) is -3.41. The summed E-state index contributed by atoms with van der Waals surface area (Å²) in [4.78, 5) is 12.7. The predicted octanol–water partition coefficient (Wildman–Crippen LogP) is 2.44. The van der Waals surface area contributed by atoms with E-state index in [0.29, 0.717) is 18.9 Å². The fraction of sp³-hybridized carbons (Fsp3) is 0.941. The van der Waals surface area contributed by atoms with Crippen LogP contribution in [-0.4, -0.2) is 43.5 Å². The molecule has 7 heteroatoms. The lowest BCUT2D eigenvalue weighted by atomic mass is 10.00. The number of nitrogens with one attached hydrogen (secondary N) is 2. The largest absolute Gasteiger partial charge is 0.352 e. The van der Waals surface area contributed by atoms with Crippen LogP contribution in [0.3, 0.4) is 0 Å². The summed E-state index contributed by atoms with van der Waals surface area (Å²) in [5.41, 5.74) is 0. The van der Waals surface area contributed by atoms with Gasteiger partial charge in [0.25, 0.3) is 0 Å². The molecule has 0 spiro atoms. The second-order valence-electron chi connectivity index (χ2n) is 7.60. The number of carbonyl (C=O) groups is 1. The van der Waals surface area contributed by atoms with Gasteiger partial charge in [-0.15, -0.1) is 12.4 Å². The Morgan fingerprint density at radius 1 is 1.12 bits per heavy atom. The van der Waals surface area contributed by atoms with Gasteiger partial charge in [0.1, 0.15) is 5.25 Å². The van der Waals surface area contributed by atoms with Crippen LogP contribution in [0.25, 0.3) is 0 Å². The average molecular weight is 381 g/mol. The van der Waals surface area contributed by atoms with Crippen LogP contribution in [0.4, 0.5) is 0 Å². The summed E-state index contributed by atoms with van der Waals surface area (Å²) in [6.07, 6.45) is 6.18. The highest BCUT2D eigenvalue weighted by Gasteiger charge is 2.41. The fourth-order valence-corrected chi connectivity index (χ4v) is 6.51. The predicted molar refractivity (Wildman–Crippen MR) is 100 cm³/mol. The van der Waals surface area contributed by atoms with Crippen molar-refractivity contribution < 1.29 is 13.2 Å². The molecule has 0 aromatic rings. The van der Waals surface area contributed by atoms with Gasteiger partial charge in [-0.1, -0.05) is 33.1 Å². The van der Waals surface area contributed by atoms with Crippen molar-refractivity contribution >= 4 is 28.2 Å². The molecule has 1 heterocycles. The Balaban J connectivity index is 0.00000288. The number of carbonyl (C=O) groups excluding carboxylic acids is 1. The minimum atomic E-state index is -3.41. The molecule has 2 fully saturated rings. The van der Waals surface area contributed by atoms with Crippen LogP contribution in [0.15, 0.2) is 0 Å².